The van der Waals surface area contributed by atoms with E-state index in [0.717, 1.165) is 25.7 Å². The molecule has 0 saturated heterocycles. The van der Waals surface area contributed by atoms with Gasteiger partial charge in [0.15, 0.2) is 0 Å². The van der Waals surface area contributed by atoms with Crippen LogP contribution in [-0.4, -0.2) is 35.6 Å². The highest BCUT2D eigenvalue weighted by molar-refractivity contribution is 5.95. The molecule has 2 N–H and O–H groups in total. The van der Waals surface area contributed by atoms with Crippen molar-refractivity contribution in [2.75, 3.05) is 6.61 Å². The highest BCUT2D eigenvalue weighted by atomic mass is 16.5. The molecule has 1 unspecified atom stereocenters. The number of ether oxygens (including phenoxy) is 1. The van der Waals surface area contributed by atoms with Gasteiger partial charge in [-0.1, -0.05) is 32.1 Å². The number of carbonyl (C=O) groups is 3. The van der Waals surface area contributed by atoms with Gasteiger partial charge in [-0.3, -0.25) is 9.59 Å². The monoisotopic (exact) mass is 285 g/mol. The van der Waals surface area contributed by atoms with Crippen LogP contribution >= 0.6 is 0 Å². The maximum atomic E-state index is 11.6. The van der Waals surface area contributed by atoms with Crippen LogP contribution in [0, 0.1) is 5.92 Å². The number of hydrogen-bond donors (Lipinski definition) is 2. The van der Waals surface area contributed by atoms with E-state index in [9.17, 15) is 14.4 Å². The molecule has 6 heteroatoms. The number of carboxylic acid groups (broad SMARTS) is 1. The summed E-state index contributed by atoms with van der Waals surface area (Å²) in [5.41, 5.74) is 0. The second-order valence-electron chi connectivity index (χ2n) is 5.18. The van der Waals surface area contributed by atoms with Crippen molar-refractivity contribution in [3.8, 4) is 0 Å². The maximum absolute atomic E-state index is 11.6. The van der Waals surface area contributed by atoms with E-state index < -0.39 is 30.3 Å². The Kier molecular flexibility index (Phi) is 7.04. The fraction of sp³-hybridized carbons (Fsp3) is 0.786. The molecule has 0 aliphatic heterocycles. The molecule has 0 bridgehead atoms. The van der Waals surface area contributed by atoms with Crippen molar-refractivity contribution >= 4 is 17.8 Å². The Labute approximate surface area is 118 Å². The average molecular weight is 285 g/mol. The molecule has 0 aromatic carbocycles. The van der Waals surface area contributed by atoms with Crippen LogP contribution in [0.25, 0.3) is 0 Å². The van der Waals surface area contributed by atoms with E-state index in [1.54, 1.807) is 6.92 Å². The minimum atomic E-state index is -1.05. The van der Waals surface area contributed by atoms with Crippen molar-refractivity contribution in [3.05, 3.63) is 0 Å². The second kappa shape index (κ2) is 8.55. The third-order valence-electron chi connectivity index (χ3n) is 3.54. The third kappa shape index (κ3) is 6.04. The summed E-state index contributed by atoms with van der Waals surface area (Å²) in [5, 5.41) is 11.6. The number of esters is 1. The number of rotatable bonds is 7. The lowest BCUT2D eigenvalue weighted by Gasteiger charge is -2.25. The Morgan fingerprint density at radius 2 is 1.90 bits per heavy atom. The molecule has 1 aliphatic rings. The maximum Gasteiger partial charge on any atom is 0.326 e. The summed E-state index contributed by atoms with van der Waals surface area (Å²) < 4.78 is 4.66. The zero-order chi connectivity index (χ0) is 15.0. The first kappa shape index (κ1) is 16.5. The molecular weight excluding hydrogens is 262 g/mol. The van der Waals surface area contributed by atoms with Gasteiger partial charge in [0.1, 0.15) is 12.5 Å². The number of aliphatic carboxylic acids is 1. The summed E-state index contributed by atoms with van der Waals surface area (Å²) in [5.74, 6) is -1.93. The summed E-state index contributed by atoms with van der Waals surface area (Å²) in [6.45, 7) is 1.86. The van der Waals surface area contributed by atoms with Gasteiger partial charge in [-0.15, -0.1) is 0 Å². The number of amides is 1. The SMILES string of the molecule is CCOC(=O)CC(=O)NC(CC1CCCCC1)C(=O)O. The van der Waals surface area contributed by atoms with E-state index in [1.807, 2.05) is 0 Å². The molecular formula is C14H23NO5. The van der Waals surface area contributed by atoms with Crippen molar-refractivity contribution < 1.29 is 24.2 Å². The van der Waals surface area contributed by atoms with Gasteiger partial charge in [0.25, 0.3) is 0 Å². The normalized spacial score (nSPS) is 17.2. The molecule has 1 aliphatic carbocycles. The van der Waals surface area contributed by atoms with Crippen molar-refractivity contribution in [2.24, 2.45) is 5.92 Å². The van der Waals surface area contributed by atoms with Crippen LogP contribution in [0.5, 0.6) is 0 Å². The van der Waals surface area contributed by atoms with Crippen LogP contribution in [0.1, 0.15) is 51.9 Å². The van der Waals surface area contributed by atoms with E-state index in [1.165, 1.54) is 6.42 Å². The molecule has 6 nitrogen and oxygen atoms in total. The lowest BCUT2D eigenvalue weighted by Crippen LogP contribution is -2.43. The van der Waals surface area contributed by atoms with Gasteiger partial charge >= 0.3 is 11.9 Å². The zero-order valence-electron chi connectivity index (χ0n) is 11.9. The largest absolute Gasteiger partial charge is 0.480 e. The van der Waals surface area contributed by atoms with Gasteiger partial charge in [0.05, 0.1) is 6.61 Å². The van der Waals surface area contributed by atoms with Gasteiger partial charge in [-0.2, -0.15) is 0 Å². The highest BCUT2D eigenvalue weighted by Crippen LogP contribution is 2.27. The minimum Gasteiger partial charge on any atom is -0.480 e. The van der Waals surface area contributed by atoms with Gasteiger partial charge < -0.3 is 15.2 Å². The van der Waals surface area contributed by atoms with Crippen LogP contribution in [0.2, 0.25) is 0 Å². The van der Waals surface area contributed by atoms with E-state index in [2.05, 4.69) is 10.1 Å². The van der Waals surface area contributed by atoms with Crippen molar-refractivity contribution in [3.63, 3.8) is 0 Å². The molecule has 1 amide bonds. The summed E-state index contributed by atoms with van der Waals surface area (Å²) in [6, 6.07) is -0.917. The Morgan fingerprint density at radius 1 is 1.25 bits per heavy atom. The molecule has 0 radical (unpaired) electrons. The quantitative estimate of drug-likeness (QED) is 0.546. The first-order valence-corrected chi connectivity index (χ1v) is 7.20. The van der Waals surface area contributed by atoms with Crippen molar-refractivity contribution in [1.82, 2.24) is 5.32 Å². The topological polar surface area (TPSA) is 92.7 Å². The molecule has 1 saturated carbocycles. The lowest BCUT2D eigenvalue weighted by molar-refractivity contribution is -0.148. The van der Waals surface area contributed by atoms with Gasteiger partial charge in [0.2, 0.25) is 5.91 Å². The predicted octanol–water partition coefficient (Wildman–Crippen LogP) is 1.48. The molecule has 1 atom stereocenters. The second-order valence-corrected chi connectivity index (χ2v) is 5.18. The first-order valence-electron chi connectivity index (χ1n) is 7.20. The lowest BCUT2D eigenvalue weighted by atomic mass is 9.85. The van der Waals surface area contributed by atoms with Gasteiger partial charge in [0, 0.05) is 0 Å². The molecule has 1 fully saturated rings. The van der Waals surface area contributed by atoms with Crippen LogP contribution in [0.3, 0.4) is 0 Å². The smallest absolute Gasteiger partial charge is 0.326 e. The number of hydrogen-bond acceptors (Lipinski definition) is 4. The third-order valence-corrected chi connectivity index (χ3v) is 3.54. The standard InChI is InChI=1S/C14H23NO5/c1-2-20-13(17)9-12(16)15-11(14(18)19)8-10-6-4-3-5-7-10/h10-11H,2-9H2,1H3,(H,15,16)(H,18,19). The van der Waals surface area contributed by atoms with Crippen LogP contribution in [0.15, 0.2) is 0 Å². The number of carbonyl (C=O) groups excluding carboxylic acids is 2. The summed E-state index contributed by atoms with van der Waals surface area (Å²) >= 11 is 0. The molecule has 114 valence electrons. The molecule has 0 aromatic rings. The number of carboxylic acids is 1. The van der Waals surface area contributed by atoms with Gasteiger partial charge in [-0.25, -0.2) is 4.79 Å². The van der Waals surface area contributed by atoms with Crippen LogP contribution < -0.4 is 5.32 Å². The van der Waals surface area contributed by atoms with Crippen molar-refractivity contribution in [1.29, 1.82) is 0 Å². The number of nitrogens with one attached hydrogen (secondary N) is 1. The fourth-order valence-corrected chi connectivity index (χ4v) is 2.57. The fourth-order valence-electron chi connectivity index (χ4n) is 2.57. The Balaban J connectivity index is 2.43. The zero-order valence-corrected chi connectivity index (χ0v) is 11.9. The Hall–Kier alpha value is -1.59. The average Bonchev–Trinajstić information content (AvgIpc) is 2.39. The predicted molar refractivity (Wildman–Crippen MR) is 72.0 cm³/mol. The summed E-state index contributed by atoms with van der Waals surface area (Å²) in [7, 11) is 0. The van der Waals surface area contributed by atoms with Gasteiger partial charge in [-0.05, 0) is 19.3 Å². The molecule has 0 heterocycles. The summed E-state index contributed by atoms with van der Waals surface area (Å²) in [6.07, 6.45) is 5.46. The molecule has 1 rings (SSSR count). The summed E-state index contributed by atoms with van der Waals surface area (Å²) in [4.78, 5) is 34.0. The van der Waals surface area contributed by atoms with E-state index in [4.69, 9.17) is 5.11 Å². The molecule has 20 heavy (non-hydrogen) atoms. The first-order chi connectivity index (χ1) is 9.52. The van der Waals surface area contributed by atoms with Crippen LogP contribution in [-0.2, 0) is 19.1 Å². The molecule has 0 aromatic heterocycles. The minimum absolute atomic E-state index is 0.205. The van der Waals surface area contributed by atoms with E-state index in [0.29, 0.717) is 12.3 Å². The highest BCUT2D eigenvalue weighted by Gasteiger charge is 2.26. The van der Waals surface area contributed by atoms with E-state index in [-0.39, 0.29) is 6.61 Å². The molecule has 0 spiro atoms. The van der Waals surface area contributed by atoms with Crippen molar-refractivity contribution in [2.45, 2.75) is 57.9 Å². The van der Waals surface area contributed by atoms with Crippen LogP contribution in [0.4, 0.5) is 0 Å². The van der Waals surface area contributed by atoms with E-state index >= 15 is 0 Å². The Bertz CT molecular complexity index is 349. The Morgan fingerprint density at radius 3 is 2.45 bits per heavy atom.